The minimum atomic E-state index is 0.551. The molecule has 4 heteroatoms. The topological polar surface area (TPSA) is 34.2 Å². The summed E-state index contributed by atoms with van der Waals surface area (Å²) in [5.74, 6) is 0.774. The summed E-state index contributed by atoms with van der Waals surface area (Å²) in [7, 11) is 1.64. The van der Waals surface area contributed by atoms with E-state index in [1.165, 1.54) is 0 Å². The van der Waals surface area contributed by atoms with Gasteiger partial charge in [-0.3, -0.25) is 0 Å². The molecule has 0 fully saturated rings. The van der Waals surface area contributed by atoms with Crippen molar-refractivity contribution in [3.05, 3.63) is 23.0 Å². The Morgan fingerprint density at radius 1 is 1.50 bits per heavy atom. The lowest BCUT2D eigenvalue weighted by Gasteiger charge is -2.03. The Kier molecular flexibility index (Phi) is 3.76. The van der Waals surface area contributed by atoms with Crippen molar-refractivity contribution >= 4 is 12.2 Å². The zero-order valence-electron chi connectivity index (χ0n) is 6.87. The van der Waals surface area contributed by atoms with Gasteiger partial charge in [-0.15, -0.1) is 0 Å². The lowest BCUT2D eigenvalue weighted by Crippen LogP contribution is -2.04. The van der Waals surface area contributed by atoms with Crippen LogP contribution in [0.25, 0.3) is 0 Å². The fourth-order valence-electron chi connectivity index (χ4n) is 0.758. The smallest absolute Gasteiger partial charge is 0.123 e. The lowest BCUT2D eigenvalue weighted by molar-refractivity contribution is 0.146. The first-order valence-corrected chi connectivity index (χ1v) is 4.04. The van der Waals surface area contributed by atoms with E-state index in [0.717, 1.165) is 5.75 Å². The van der Waals surface area contributed by atoms with Crippen LogP contribution in [0, 0.1) is 4.64 Å². The van der Waals surface area contributed by atoms with E-state index < -0.39 is 0 Å². The van der Waals surface area contributed by atoms with Gasteiger partial charge in [0.2, 0.25) is 0 Å². The Morgan fingerprint density at radius 2 is 2.33 bits per heavy atom. The van der Waals surface area contributed by atoms with Crippen LogP contribution in [0.2, 0.25) is 0 Å². The number of ether oxygens (including phenoxy) is 2. The Labute approximate surface area is 76.3 Å². The molecule has 0 atom stereocenters. The summed E-state index contributed by atoms with van der Waals surface area (Å²) in [6.07, 6.45) is 1.75. The van der Waals surface area contributed by atoms with E-state index in [1.807, 2.05) is 6.07 Å². The average Bonchev–Trinajstić information content (AvgIpc) is 2.05. The van der Waals surface area contributed by atoms with Crippen LogP contribution < -0.4 is 4.74 Å². The number of nitrogens with one attached hydrogen (secondary N) is 1. The van der Waals surface area contributed by atoms with E-state index in [1.54, 1.807) is 19.4 Å². The maximum Gasteiger partial charge on any atom is 0.123 e. The number of pyridine rings is 1. The summed E-state index contributed by atoms with van der Waals surface area (Å²) in [5.41, 5.74) is 0. The van der Waals surface area contributed by atoms with Gasteiger partial charge in [-0.2, -0.15) is 0 Å². The van der Waals surface area contributed by atoms with E-state index in [4.69, 9.17) is 21.7 Å². The molecular formula is C8H11NO2S. The van der Waals surface area contributed by atoms with E-state index in [0.29, 0.717) is 17.9 Å². The van der Waals surface area contributed by atoms with Gasteiger partial charge in [-0.05, 0) is 6.07 Å². The van der Waals surface area contributed by atoms with Gasteiger partial charge >= 0.3 is 0 Å². The van der Waals surface area contributed by atoms with Crippen LogP contribution in [0.4, 0.5) is 0 Å². The Hall–Kier alpha value is -0.870. The number of aromatic nitrogens is 1. The summed E-state index contributed by atoms with van der Waals surface area (Å²) in [5, 5.41) is 0. The van der Waals surface area contributed by atoms with Crippen molar-refractivity contribution in [3.63, 3.8) is 0 Å². The molecule has 0 saturated heterocycles. The molecule has 1 N–H and O–H groups in total. The molecule has 0 aliphatic carbocycles. The van der Waals surface area contributed by atoms with Gasteiger partial charge in [0.1, 0.15) is 17.0 Å². The van der Waals surface area contributed by atoms with Gasteiger partial charge in [-0.25, -0.2) is 0 Å². The third-order valence-corrected chi connectivity index (χ3v) is 1.54. The van der Waals surface area contributed by atoms with E-state index in [2.05, 4.69) is 4.98 Å². The molecule has 0 radical (unpaired) electrons. The van der Waals surface area contributed by atoms with Crippen molar-refractivity contribution in [2.24, 2.45) is 0 Å². The minimum Gasteiger partial charge on any atom is -0.491 e. The third-order valence-electron chi connectivity index (χ3n) is 1.30. The first-order chi connectivity index (χ1) is 5.83. The van der Waals surface area contributed by atoms with Gasteiger partial charge in [-0.1, -0.05) is 12.2 Å². The molecule has 12 heavy (non-hydrogen) atoms. The fourth-order valence-corrected chi connectivity index (χ4v) is 0.942. The first-order valence-electron chi connectivity index (χ1n) is 3.63. The standard InChI is InChI=1S/C8H11NO2S/c1-10-4-5-11-7-2-3-9-8(12)6-7/h2-3,6H,4-5H2,1H3,(H,9,12). The third kappa shape index (κ3) is 3.02. The van der Waals surface area contributed by atoms with Crippen molar-refractivity contribution in [2.75, 3.05) is 20.3 Å². The van der Waals surface area contributed by atoms with E-state index in [9.17, 15) is 0 Å². The largest absolute Gasteiger partial charge is 0.491 e. The highest BCUT2D eigenvalue weighted by Gasteiger charge is 1.90. The van der Waals surface area contributed by atoms with Gasteiger partial charge < -0.3 is 14.5 Å². The number of methoxy groups -OCH3 is 1. The Bertz CT molecular complexity index is 284. The average molecular weight is 185 g/mol. The molecule has 1 rings (SSSR count). The van der Waals surface area contributed by atoms with Crippen LogP contribution in [0.5, 0.6) is 5.75 Å². The van der Waals surface area contributed by atoms with Crippen LogP contribution in [0.15, 0.2) is 18.3 Å². The molecule has 1 aromatic heterocycles. The summed E-state index contributed by atoms with van der Waals surface area (Å²) in [6, 6.07) is 3.59. The van der Waals surface area contributed by atoms with Crippen LogP contribution in [-0.4, -0.2) is 25.3 Å². The summed E-state index contributed by atoms with van der Waals surface area (Å²) >= 11 is 4.91. The molecule has 0 saturated carbocycles. The van der Waals surface area contributed by atoms with Crippen molar-refractivity contribution in [3.8, 4) is 5.75 Å². The van der Waals surface area contributed by atoms with Crippen molar-refractivity contribution < 1.29 is 9.47 Å². The molecule has 1 aromatic rings. The van der Waals surface area contributed by atoms with Crippen LogP contribution >= 0.6 is 12.2 Å². The van der Waals surface area contributed by atoms with Crippen molar-refractivity contribution in [2.45, 2.75) is 0 Å². The normalized spacial score (nSPS) is 9.75. The molecule has 0 amide bonds. The lowest BCUT2D eigenvalue weighted by atomic mass is 10.4. The number of aromatic amines is 1. The number of hydrogen-bond donors (Lipinski definition) is 1. The highest BCUT2D eigenvalue weighted by molar-refractivity contribution is 7.71. The summed E-state index contributed by atoms with van der Waals surface area (Å²) < 4.78 is 10.8. The number of H-pyrrole nitrogens is 1. The van der Waals surface area contributed by atoms with Gasteiger partial charge in [0.25, 0.3) is 0 Å². The molecule has 0 aliphatic heterocycles. The van der Waals surface area contributed by atoms with Crippen molar-refractivity contribution in [1.82, 2.24) is 4.98 Å². The van der Waals surface area contributed by atoms with Gasteiger partial charge in [0.15, 0.2) is 0 Å². The molecule has 66 valence electrons. The molecule has 0 aromatic carbocycles. The molecule has 0 bridgehead atoms. The molecular weight excluding hydrogens is 174 g/mol. The maximum atomic E-state index is 5.32. The predicted octanol–water partition coefficient (Wildman–Crippen LogP) is 1.77. The first kappa shape index (κ1) is 9.22. The highest BCUT2D eigenvalue weighted by atomic mass is 32.1. The van der Waals surface area contributed by atoms with Gasteiger partial charge in [0.05, 0.1) is 6.61 Å². The zero-order chi connectivity index (χ0) is 8.81. The van der Waals surface area contributed by atoms with Crippen LogP contribution in [-0.2, 0) is 4.74 Å². The zero-order valence-corrected chi connectivity index (χ0v) is 7.69. The SMILES string of the molecule is COCCOc1cc[nH]c(=S)c1. The van der Waals surface area contributed by atoms with Crippen LogP contribution in [0.3, 0.4) is 0 Å². The predicted molar refractivity (Wildman–Crippen MR) is 49.0 cm³/mol. The van der Waals surface area contributed by atoms with Crippen LogP contribution in [0.1, 0.15) is 0 Å². The second-order valence-electron chi connectivity index (χ2n) is 2.23. The van der Waals surface area contributed by atoms with E-state index >= 15 is 0 Å². The fraction of sp³-hybridized carbons (Fsp3) is 0.375. The van der Waals surface area contributed by atoms with Crippen molar-refractivity contribution in [1.29, 1.82) is 0 Å². The summed E-state index contributed by atoms with van der Waals surface area (Å²) in [6.45, 7) is 1.14. The Balaban J connectivity index is 2.47. The quantitative estimate of drug-likeness (QED) is 0.573. The van der Waals surface area contributed by atoms with Gasteiger partial charge in [0, 0.05) is 19.4 Å². The summed E-state index contributed by atoms with van der Waals surface area (Å²) in [4.78, 5) is 2.87. The van der Waals surface area contributed by atoms with E-state index in [-0.39, 0.29) is 0 Å². The number of hydrogen-bond acceptors (Lipinski definition) is 3. The molecule has 1 heterocycles. The molecule has 0 unspecified atom stereocenters. The Morgan fingerprint density at radius 3 is 3.00 bits per heavy atom. The maximum absolute atomic E-state index is 5.32. The monoisotopic (exact) mass is 185 g/mol. The molecule has 0 spiro atoms. The second-order valence-corrected chi connectivity index (χ2v) is 2.67. The second kappa shape index (κ2) is 4.90. The molecule has 3 nitrogen and oxygen atoms in total. The number of rotatable bonds is 4. The highest BCUT2D eigenvalue weighted by Crippen LogP contribution is 2.07. The molecule has 0 aliphatic rings. The minimum absolute atomic E-state index is 0.551.